The van der Waals surface area contributed by atoms with Gasteiger partial charge in [-0.1, -0.05) is 13.8 Å². The van der Waals surface area contributed by atoms with Crippen LogP contribution in [-0.4, -0.2) is 53.2 Å². The summed E-state index contributed by atoms with van der Waals surface area (Å²) < 4.78 is 4.79. The fraction of sp³-hybridized carbons (Fsp3) is 0.647. The van der Waals surface area contributed by atoms with Crippen LogP contribution in [0.3, 0.4) is 0 Å². The first-order valence-electron chi connectivity index (χ1n) is 9.19. The number of nitrogen functional groups attached to an aromatic ring is 1. The monoisotopic (exact) mass is 418 g/mol. The van der Waals surface area contributed by atoms with Gasteiger partial charge >= 0.3 is 11.8 Å². The number of nitrogens with one attached hydrogen (secondary N) is 2. The van der Waals surface area contributed by atoms with Gasteiger partial charge in [0.05, 0.1) is 11.5 Å². The highest BCUT2D eigenvalue weighted by Gasteiger charge is 2.23. The van der Waals surface area contributed by atoms with E-state index in [2.05, 4.69) is 34.4 Å². The van der Waals surface area contributed by atoms with Crippen LogP contribution < -0.4 is 16.4 Å². The van der Waals surface area contributed by atoms with Crippen molar-refractivity contribution in [3.63, 3.8) is 0 Å². The van der Waals surface area contributed by atoms with E-state index < -0.39 is 11.0 Å². The summed E-state index contributed by atoms with van der Waals surface area (Å²) in [5.74, 6) is -0.179. The van der Waals surface area contributed by atoms with E-state index in [0.29, 0.717) is 0 Å². The second kappa shape index (κ2) is 12.9. The van der Waals surface area contributed by atoms with Crippen molar-refractivity contribution in [2.45, 2.75) is 46.6 Å². The number of halogens is 1. The summed E-state index contributed by atoms with van der Waals surface area (Å²) in [5, 5.41) is 16.9. The van der Waals surface area contributed by atoms with Crippen LogP contribution in [0.1, 0.15) is 40.5 Å². The van der Waals surface area contributed by atoms with Gasteiger partial charge in [0.1, 0.15) is 11.5 Å². The number of anilines is 3. The number of pyridine rings is 1. The largest absolute Gasteiger partial charge is 0.450 e. The van der Waals surface area contributed by atoms with Gasteiger partial charge in [0.25, 0.3) is 0 Å². The second-order valence-corrected chi connectivity index (χ2v) is 6.11. The molecule has 1 atom stereocenters. The smallest absolute Gasteiger partial charge is 0.412 e. The highest BCUT2D eigenvalue weighted by Crippen LogP contribution is 2.32. The fourth-order valence-corrected chi connectivity index (χ4v) is 2.69. The van der Waals surface area contributed by atoms with Crippen LogP contribution >= 0.6 is 12.4 Å². The molecular weight excluding hydrogens is 388 g/mol. The molecule has 0 aromatic carbocycles. The van der Waals surface area contributed by atoms with Crippen molar-refractivity contribution in [3.05, 3.63) is 16.2 Å². The second-order valence-electron chi connectivity index (χ2n) is 6.11. The highest BCUT2D eigenvalue weighted by molar-refractivity contribution is 5.86. The molecule has 28 heavy (non-hydrogen) atoms. The molecule has 0 saturated carbocycles. The molecule has 0 fully saturated rings. The summed E-state index contributed by atoms with van der Waals surface area (Å²) in [6.07, 6.45) is 1.09. The molecule has 1 amide bonds. The van der Waals surface area contributed by atoms with Gasteiger partial charge in [-0.25, -0.2) is 9.78 Å². The third kappa shape index (κ3) is 8.13. The molecule has 1 aromatic heterocycles. The van der Waals surface area contributed by atoms with Crippen LogP contribution in [0.2, 0.25) is 0 Å². The predicted octanol–water partition coefficient (Wildman–Crippen LogP) is 3.48. The van der Waals surface area contributed by atoms with Crippen LogP contribution in [0, 0.1) is 10.1 Å². The molecule has 10 nitrogen and oxygen atoms in total. The van der Waals surface area contributed by atoms with Gasteiger partial charge in [-0.05, 0) is 46.3 Å². The molecule has 0 spiro atoms. The molecule has 0 aliphatic heterocycles. The lowest BCUT2D eigenvalue weighted by molar-refractivity contribution is -0.383. The number of amides is 1. The Hall–Kier alpha value is -2.33. The van der Waals surface area contributed by atoms with Crippen molar-refractivity contribution in [1.29, 1.82) is 0 Å². The van der Waals surface area contributed by atoms with E-state index in [1.54, 1.807) is 6.92 Å². The van der Waals surface area contributed by atoms with Crippen molar-refractivity contribution < 1.29 is 14.5 Å². The van der Waals surface area contributed by atoms with E-state index in [1.165, 1.54) is 6.07 Å². The first-order chi connectivity index (χ1) is 12.8. The van der Waals surface area contributed by atoms with Crippen LogP contribution in [0.15, 0.2) is 6.07 Å². The van der Waals surface area contributed by atoms with E-state index in [4.69, 9.17) is 10.5 Å². The van der Waals surface area contributed by atoms with E-state index >= 15 is 0 Å². The average Bonchev–Trinajstić information content (AvgIpc) is 2.58. The minimum atomic E-state index is -0.698. The maximum absolute atomic E-state index is 11.6. The number of hydrogen-bond acceptors (Lipinski definition) is 8. The van der Waals surface area contributed by atoms with Gasteiger partial charge in [0.15, 0.2) is 0 Å². The standard InChI is InChI=1S/C17H30N6O4.ClH/c1-5-22(6-2)10-8-9-12(4)19-13-11-14(21-17(24)27-7-3)20-16(18)15(13)23(25)26;/h11-12H,5-10H2,1-4H3,(H4,18,19,20,21,24);1H. The SMILES string of the molecule is CCOC(=O)Nc1cc(NC(C)CCCN(CC)CC)c([N+](=O)[O-])c(N)n1.Cl. The molecule has 1 rings (SSSR count). The number of nitro groups is 1. The normalized spacial score (nSPS) is 11.5. The molecule has 11 heteroatoms. The zero-order valence-corrected chi connectivity index (χ0v) is 17.7. The average molecular weight is 419 g/mol. The number of rotatable bonds is 11. The Balaban J connectivity index is 0.00000729. The van der Waals surface area contributed by atoms with Crippen molar-refractivity contribution in [2.75, 3.05) is 42.6 Å². The lowest BCUT2D eigenvalue weighted by atomic mass is 10.1. The Labute approximate surface area is 171 Å². The van der Waals surface area contributed by atoms with Crippen molar-refractivity contribution in [3.8, 4) is 0 Å². The Morgan fingerprint density at radius 3 is 2.57 bits per heavy atom. The maximum Gasteiger partial charge on any atom is 0.412 e. The minimum Gasteiger partial charge on any atom is -0.450 e. The zero-order valence-electron chi connectivity index (χ0n) is 16.9. The molecular formula is C17H31ClN6O4. The van der Waals surface area contributed by atoms with Gasteiger partial charge < -0.3 is 20.7 Å². The van der Waals surface area contributed by atoms with E-state index in [1.807, 2.05) is 6.92 Å². The van der Waals surface area contributed by atoms with E-state index in [0.717, 1.165) is 32.5 Å². The summed E-state index contributed by atoms with van der Waals surface area (Å²) in [6, 6.07) is 1.38. The van der Waals surface area contributed by atoms with E-state index in [-0.39, 0.29) is 48.1 Å². The molecule has 1 heterocycles. The van der Waals surface area contributed by atoms with Crippen LogP contribution in [-0.2, 0) is 4.74 Å². The number of nitrogens with zero attached hydrogens (tertiary/aromatic N) is 3. The molecule has 1 aromatic rings. The molecule has 160 valence electrons. The Morgan fingerprint density at radius 2 is 2.04 bits per heavy atom. The Morgan fingerprint density at radius 1 is 1.39 bits per heavy atom. The maximum atomic E-state index is 11.6. The van der Waals surface area contributed by atoms with Crippen LogP contribution in [0.5, 0.6) is 0 Å². The predicted molar refractivity (Wildman–Crippen MR) is 113 cm³/mol. The summed E-state index contributed by atoms with van der Waals surface area (Å²) in [5.41, 5.74) is 5.64. The van der Waals surface area contributed by atoms with Crippen molar-refractivity contribution in [2.24, 2.45) is 0 Å². The number of aromatic nitrogens is 1. The number of carbonyl (C=O) groups is 1. The van der Waals surface area contributed by atoms with Crippen LogP contribution in [0.25, 0.3) is 0 Å². The van der Waals surface area contributed by atoms with E-state index in [9.17, 15) is 14.9 Å². The minimum absolute atomic E-state index is 0. The van der Waals surface area contributed by atoms with Gasteiger partial charge in [0.2, 0.25) is 5.82 Å². The lowest BCUT2D eigenvalue weighted by Gasteiger charge is -2.20. The fourth-order valence-electron chi connectivity index (χ4n) is 2.69. The molecule has 0 aliphatic carbocycles. The van der Waals surface area contributed by atoms with Gasteiger partial charge in [-0.2, -0.15) is 0 Å². The first kappa shape index (κ1) is 25.7. The topological polar surface area (TPSA) is 136 Å². The summed E-state index contributed by atoms with van der Waals surface area (Å²) in [4.78, 5) is 28.5. The van der Waals surface area contributed by atoms with Crippen LogP contribution in [0.4, 0.5) is 27.8 Å². The quantitative estimate of drug-likeness (QED) is 0.367. The molecule has 4 N–H and O–H groups in total. The molecule has 0 radical (unpaired) electrons. The van der Waals surface area contributed by atoms with Crippen molar-refractivity contribution >= 4 is 41.5 Å². The van der Waals surface area contributed by atoms with Gasteiger partial charge in [-0.15, -0.1) is 12.4 Å². The summed E-state index contributed by atoms with van der Waals surface area (Å²) in [6.45, 7) is 11.0. The number of hydrogen-bond donors (Lipinski definition) is 3. The van der Waals surface area contributed by atoms with Gasteiger partial charge in [-0.3, -0.25) is 15.4 Å². The first-order valence-corrected chi connectivity index (χ1v) is 9.19. The Bertz CT molecular complexity index is 642. The van der Waals surface area contributed by atoms with Crippen molar-refractivity contribution in [1.82, 2.24) is 9.88 Å². The summed E-state index contributed by atoms with van der Waals surface area (Å²) in [7, 11) is 0. The molecule has 0 aliphatic rings. The lowest BCUT2D eigenvalue weighted by Crippen LogP contribution is -2.26. The zero-order chi connectivity index (χ0) is 20.4. The molecule has 0 bridgehead atoms. The highest BCUT2D eigenvalue weighted by atomic mass is 35.5. The number of carbonyl (C=O) groups excluding carboxylic acids is 1. The number of ether oxygens (including phenoxy) is 1. The Kier molecular flexibility index (Phi) is 11.9. The summed E-state index contributed by atoms with van der Waals surface area (Å²) >= 11 is 0. The molecule has 0 saturated heterocycles. The third-order valence-corrected chi connectivity index (χ3v) is 4.12. The van der Waals surface area contributed by atoms with Gasteiger partial charge in [0, 0.05) is 12.1 Å². The molecule has 1 unspecified atom stereocenters. The number of nitrogens with two attached hydrogens (primary N) is 1. The third-order valence-electron chi connectivity index (χ3n) is 4.12.